The number of carbonyl (C=O) groups is 1. The van der Waals surface area contributed by atoms with Crippen LogP contribution in [-0.4, -0.2) is 23.4 Å². The zero-order valence-electron chi connectivity index (χ0n) is 9.70. The van der Waals surface area contributed by atoms with Gasteiger partial charge in [0.15, 0.2) is 0 Å². The molecule has 0 N–H and O–H groups in total. The van der Waals surface area contributed by atoms with E-state index in [4.69, 9.17) is 5.26 Å². The van der Waals surface area contributed by atoms with Gasteiger partial charge in [-0.2, -0.15) is 5.26 Å². The monoisotopic (exact) mass is 208 g/mol. The Labute approximate surface area is 92.1 Å². The lowest BCUT2D eigenvalue weighted by atomic mass is 9.97. The highest BCUT2D eigenvalue weighted by Gasteiger charge is 2.29. The summed E-state index contributed by atoms with van der Waals surface area (Å²) < 4.78 is 0. The Kier molecular flexibility index (Phi) is 4.61. The van der Waals surface area contributed by atoms with Gasteiger partial charge in [-0.1, -0.05) is 13.8 Å². The van der Waals surface area contributed by atoms with Gasteiger partial charge in [0.05, 0.1) is 6.07 Å². The van der Waals surface area contributed by atoms with Crippen molar-refractivity contribution < 1.29 is 4.79 Å². The van der Waals surface area contributed by atoms with Crippen molar-refractivity contribution in [2.24, 2.45) is 5.92 Å². The molecule has 1 aliphatic rings. The normalized spacial score (nSPS) is 23.3. The SMILES string of the molecule is CCC(C#N)C(=O)N1CCCCC1CC. The summed E-state index contributed by atoms with van der Waals surface area (Å²) in [6, 6.07) is 2.47. The van der Waals surface area contributed by atoms with Gasteiger partial charge in [0.2, 0.25) is 5.91 Å². The van der Waals surface area contributed by atoms with Crippen molar-refractivity contribution in [2.45, 2.75) is 52.0 Å². The fourth-order valence-electron chi connectivity index (χ4n) is 2.24. The van der Waals surface area contributed by atoms with E-state index < -0.39 is 5.92 Å². The van der Waals surface area contributed by atoms with Gasteiger partial charge < -0.3 is 4.90 Å². The molecule has 1 rings (SSSR count). The van der Waals surface area contributed by atoms with Crippen molar-refractivity contribution in [3.05, 3.63) is 0 Å². The summed E-state index contributed by atoms with van der Waals surface area (Å²) in [4.78, 5) is 14.0. The van der Waals surface area contributed by atoms with Crippen LogP contribution in [0.1, 0.15) is 46.0 Å². The Hall–Kier alpha value is -1.04. The second-order valence-corrected chi connectivity index (χ2v) is 4.18. The van der Waals surface area contributed by atoms with Crippen molar-refractivity contribution >= 4 is 5.91 Å². The molecule has 1 amide bonds. The van der Waals surface area contributed by atoms with Crippen LogP contribution in [0.25, 0.3) is 0 Å². The number of amides is 1. The van der Waals surface area contributed by atoms with Crippen LogP contribution in [0.2, 0.25) is 0 Å². The second-order valence-electron chi connectivity index (χ2n) is 4.18. The minimum atomic E-state index is -0.433. The highest BCUT2D eigenvalue weighted by Crippen LogP contribution is 2.22. The number of hydrogen-bond acceptors (Lipinski definition) is 2. The van der Waals surface area contributed by atoms with Crippen molar-refractivity contribution in [2.75, 3.05) is 6.54 Å². The van der Waals surface area contributed by atoms with Gasteiger partial charge in [-0.3, -0.25) is 4.79 Å². The highest BCUT2D eigenvalue weighted by atomic mass is 16.2. The first-order valence-corrected chi connectivity index (χ1v) is 5.94. The van der Waals surface area contributed by atoms with Crippen molar-refractivity contribution in [3.63, 3.8) is 0 Å². The summed E-state index contributed by atoms with van der Waals surface area (Å²) >= 11 is 0. The number of nitriles is 1. The van der Waals surface area contributed by atoms with Gasteiger partial charge >= 0.3 is 0 Å². The molecule has 1 saturated heterocycles. The molecule has 15 heavy (non-hydrogen) atoms. The minimum Gasteiger partial charge on any atom is -0.339 e. The van der Waals surface area contributed by atoms with E-state index in [1.807, 2.05) is 11.8 Å². The number of nitrogens with zero attached hydrogens (tertiary/aromatic N) is 2. The Bertz CT molecular complexity index is 257. The van der Waals surface area contributed by atoms with E-state index in [-0.39, 0.29) is 5.91 Å². The first kappa shape index (κ1) is 12.0. The number of likely N-dealkylation sites (tertiary alicyclic amines) is 1. The third kappa shape index (κ3) is 2.71. The van der Waals surface area contributed by atoms with Crippen LogP contribution in [0.5, 0.6) is 0 Å². The Morgan fingerprint density at radius 3 is 2.80 bits per heavy atom. The first-order valence-electron chi connectivity index (χ1n) is 5.94. The largest absolute Gasteiger partial charge is 0.339 e. The highest BCUT2D eigenvalue weighted by molar-refractivity contribution is 5.81. The molecule has 0 radical (unpaired) electrons. The third-order valence-corrected chi connectivity index (χ3v) is 3.24. The molecule has 84 valence electrons. The topological polar surface area (TPSA) is 44.1 Å². The molecular weight excluding hydrogens is 188 g/mol. The van der Waals surface area contributed by atoms with Crippen LogP contribution in [0.3, 0.4) is 0 Å². The van der Waals surface area contributed by atoms with Crippen LogP contribution in [0, 0.1) is 17.2 Å². The van der Waals surface area contributed by atoms with Crippen LogP contribution in [-0.2, 0) is 4.79 Å². The smallest absolute Gasteiger partial charge is 0.240 e. The standard InChI is InChI=1S/C12H20N2O/c1-3-10(9-13)12(15)14-8-6-5-7-11(14)4-2/h10-11H,3-8H2,1-2H3. The average Bonchev–Trinajstić information content (AvgIpc) is 2.30. The average molecular weight is 208 g/mol. The fraction of sp³-hybridized carbons (Fsp3) is 0.833. The molecule has 3 heteroatoms. The molecule has 1 fully saturated rings. The van der Waals surface area contributed by atoms with Crippen molar-refractivity contribution in [3.8, 4) is 6.07 Å². The first-order chi connectivity index (χ1) is 7.24. The second kappa shape index (κ2) is 5.75. The summed E-state index contributed by atoms with van der Waals surface area (Å²) in [5.41, 5.74) is 0. The fourth-order valence-corrected chi connectivity index (χ4v) is 2.24. The quantitative estimate of drug-likeness (QED) is 0.714. The van der Waals surface area contributed by atoms with E-state index in [0.717, 1.165) is 25.8 Å². The van der Waals surface area contributed by atoms with E-state index >= 15 is 0 Å². The van der Waals surface area contributed by atoms with Gasteiger partial charge in [-0.25, -0.2) is 0 Å². The number of rotatable bonds is 3. The van der Waals surface area contributed by atoms with Crippen LogP contribution >= 0.6 is 0 Å². The molecule has 0 bridgehead atoms. The molecule has 0 aromatic carbocycles. The molecule has 0 spiro atoms. The van der Waals surface area contributed by atoms with Crippen LogP contribution in [0.4, 0.5) is 0 Å². The van der Waals surface area contributed by atoms with Crippen molar-refractivity contribution in [1.29, 1.82) is 5.26 Å². The lowest BCUT2D eigenvalue weighted by Gasteiger charge is -2.36. The zero-order valence-corrected chi connectivity index (χ0v) is 9.70. The van der Waals surface area contributed by atoms with Gasteiger partial charge in [0.25, 0.3) is 0 Å². The molecule has 2 unspecified atom stereocenters. The van der Waals surface area contributed by atoms with Gasteiger partial charge in [0.1, 0.15) is 5.92 Å². The Balaban J connectivity index is 2.67. The van der Waals surface area contributed by atoms with E-state index in [1.54, 1.807) is 0 Å². The summed E-state index contributed by atoms with van der Waals surface area (Å²) in [7, 11) is 0. The Morgan fingerprint density at radius 2 is 2.27 bits per heavy atom. The molecule has 0 aliphatic carbocycles. The van der Waals surface area contributed by atoms with Gasteiger partial charge in [0, 0.05) is 12.6 Å². The summed E-state index contributed by atoms with van der Waals surface area (Å²) in [6.45, 7) is 4.86. The molecule has 1 heterocycles. The molecule has 0 aromatic heterocycles. The lowest BCUT2D eigenvalue weighted by Crippen LogP contribution is -2.45. The number of carbonyl (C=O) groups excluding carboxylic acids is 1. The van der Waals surface area contributed by atoms with E-state index in [2.05, 4.69) is 13.0 Å². The maximum atomic E-state index is 12.0. The van der Waals surface area contributed by atoms with Gasteiger partial charge in [-0.05, 0) is 32.1 Å². The van der Waals surface area contributed by atoms with E-state index in [9.17, 15) is 4.79 Å². The van der Waals surface area contributed by atoms with Crippen LogP contribution < -0.4 is 0 Å². The number of piperidine rings is 1. The van der Waals surface area contributed by atoms with E-state index in [0.29, 0.717) is 12.5 Å². The molecule has 1 aliphatic heterocycles. The lowest BCUT2D eigenvalue weighted by molar-refractivity contribution is -0.137. The van der Waals surface area contributed by atoms with Crippen LogP contribution in [0.15, 0.2) is 0 Å². The predicted octanol–water partition coefficient (Wildman–Crippen LogP) is 2.33. The summed E-state index contributed by atoms with van der Waals surface area (Å²) in [5.74, 6) is -0.385. The maximum Gasteiger partial charge on any atom is 0.240 e. The molecule has 0 aromatic rings. The van der Waals surface area contributed by atoms with E-state index in [1.165, 1.54) is 6.42 Å². The molecule has 0 saturated carbocycles. The zero-order chi connectivity index (χ0) is 11.3. The molecular formula is C12H20N2O. The maximum absolute atomic E-state index is 12.0. The Morgan fingerprint density at radius 1 is 1.53 bits per heavy atom. The minimum absolute atomic E-state index is 0.0477. The third-order valence-electron chi connectivity index (χ3n) is 3.24. The summed E-state index contributed by atoms with van der Waals surface area (Å²) in [6.07, 6.45) is 5.04. The van der Waals surface area contributed by atoms with Gasteiger partial charge in [-0.15, -0.1) is 0 Å². The number of hydrogen-bond donors (Lipinski definition) is 0. The van der Waals surface area contributed by atoms with Crippen molar-refractivity contribution in [1.82, 2.24) is 4.90 Å². The molecule has 3 nitrogen and oxygen atoms in total. The summed E-state index contributed by atoms with van der Waals surface area (Å²) in [5, 5.41) is 8.89. The predicted molar refractivity (Wildman–Crippen MR) is 59.0 cm³/mol. The molecule has 2 atom stereocenters.